The molecule has 0 radical (unpaired) electrons. The molecular formula is C15H12ClN5O4. The van der Waals surface area contributed by atoms with Crippen molar-refractivity contribution in [1.29, 1.82) is 0 Å². The van der Waals surface area contributed by atoms with Crippen LogP contribution in [0.3, 0.4) is 0 Å². The maximum Gasteiger partial charge on any atom is 0.329 e. The Morgan fingerprint density at radius 2 is 1.92 bits per heavy atom. The van der Waals surface area contributed by atoms with E-state index in [1.807, 2.05) is 5.43 Å². The highest BCUT2D eigenvalue weighted by Crippen LogP contribution is 2.27. The van der Waals surface area contributed by atoms with Crippen molar-refractivity contribution in [3.05, 3.63) is 63.2 Å². The number of hydrazone groups is 1. The molecule has 25 heavy (non-hydrogen) atoms. The maximum absolute atomic E-state index is 11.8. The molecule has 0 aliphatic rings. The number of nitrogen functional groups attached to an aromatic ring is 1. The zero-order valence-electron chi connectivity index (χ0n) is 12.6. The van der Waals surface area contributed by atoms with Gasteiger partial charge in [-0.15, -0.1) is 0 Å². The van der Waals surface area contributed by atoms with Crippen LogP contribution in [0.15, 0.2) is 47.6 Å². The largest absolute Gasteiger partial charge is 0.398 e. The van der Waals surface area contributed by atoms with E-state index in [1.165, 1.54) is 18.3 Å². The zero-order chi connectivity index (χ0) is 18.4. The predicted octanol–water partition coefficient (Wildman–Crippen LogP) is 1.92. The van der Waals surface area contributed by atoms with Crippen LogP contribution in [0, 0.1) is 10.1 Å². The molecule has 2 amide bonds. The van der Waals surface area contributed by atoms with Crippen molar-refractivity contribution in [3.8, 4) is 0 Å². The summed E-state index contributed by atoms with van der Waals surface area (Å²) < 4.78 is 0. The van der Waals surface area contributed by atoms with E-state index in [0.29, 0.717) is 11.3 Å². The molecule has 0 aliphatic carbocycles. The van der Waals surface area contributed by atoms with Gasteiger partial charge in [-0.05, 0) is 18.2 Å². The van der Waals surface area contributed by atoms with E-state index in [2.05, 4.69) is 10.4 Å². The number of benzene rings is 2. The number of amides is 2. The summed E-state index contributed by atoms with van der Waals surface area (Å²) in [5, 5.41) is 16.6. The summed E-state index contributed by atoms with van der Waals surface area (Å²) in [5.74, 6) is -2.10. The van der Waals surface area contributed by atoms with Gasteiger partial charge >= 0.3 is 11.8 Å². The first-order valence-corrected chi connectivity index (χ1v) is 7.19. The van der Waals surface area contributed by atoms with Crippen LogP contribution in [0.1, 0.15) is 5.56 Å². The quantitative estimate of drug-likeness (QED) is 0.251. The monoisotopic (exact) mass is 361 g/mol. The molecule has 0 heterocycles. The normalized spacial score (nSPS) is 10.4. The minimum absolute atomic E-state index is 0.0486. The number of hydrogen-bond donors (Lipinski definition) is 3. The van der Waals surface area contributed by atoms with Gasteiger partial charge in [0, 0.05) is 23.0 Å². The second-order valence-corrected chi connectivity index (χ2v) is 5.11. The number of para-hydroxylation sites is 1. The standard InChI is InChI=1S/C15H12ClN5O4/c16-11-6-5-10(7-13(11)21(24)25)19-14(22)15(23)20-18-8-9-3-1-2-4-12(9)17/h1-8H,17H2,(H,19,22)(H,20,23). The molecule has 128 valence electrons. The van der Waals surface area contributed by atoms with Gasteiger partial charge in [0.15, 0.2) is 0 Å². The third-order valence-electron chi connectivity index (χ3n) is 2.97. The average molecular weight is 362 g/mol. The highest BCUT2D eigenvalue weighted by atomic mass is 35.5. The third-order valence-corrected chi connectivity index (χ3v) is 3.29. The van der Waals surface area contributed by atoms with Gasteiger partial charge in [-0.3, -0.25) is 19.7 Å². The molecule has 0 aliphatic heterocycles. The number of carbonyl (C=O) groups excluding carboxylic acids is 2. The Bertz CT molecular complexity index is 869. The number of anilines is 2. The Kier molecular flexibility index (Phi) is 5.64. The summed E-state index contributed by atoms with van der Waals surface area (Å²) in [7, 11) is 0. The van der Waals surface area contributed by atoms with E-state index in [4.69, 9.17) is 17.3 Å². The Balaban J connectivity index is 1.99. The van der Waals surface area contributed by atoms with E-state index >= 15 is 0 Å². The average Bonchev–Trinajstić information content (AvgIpc) is 2.57. The van der Waals surface area contributed by atoms with Crippen LogP contribution in [0.4, 0.5) is 17.1 Å². The number of carbonyl (C=O) groups is 2. The Labute approximate surface area is 146 Å². The van der Waals surface area contributed by atoms with Crippen LogP contribution >= 0.6 is 11.6 Å². The molecule has 0 bridgehead atoms. The lowest BCUT2D eigenvalue weighted by molar-refractivity contribution is -0.384. The van der Waals surface area contributed by atoms with Crippen LogP contribution in [0.2, 0.25) is 5.02 Å². The number of nitro benzene ring substituents is 1. The van der Waals surface area contributed by atoms with Crippen molar-refractivity contribution in [1.82, 2.24) is 5.43 Å². The summed E-state index contributed by atoms with van der Waals surface area (Å²) in [4.78, 5) is 33.5. The van der Waals surface area contributed by atoms with Gasteiger partial charge in [-0.25, -0.2) is 5.43 Å². The van der Waals surface area contributed by atoms with Crippen molar-refractivity contribution < 1.29 is 14.5 Å². The fourth-order valence-electron chi connectivity index (χ4n) is 1.76. The molecule has 2 aromatic carbocycles. The van der Waals surface area contributed by atoms with Crippen LogP contribution in [-0.4, -0.2) is 23.0 Å². The van der Waals surface area contributed by atoms with Crippen LogP contribution < -0.4 is 16.5 Å². The molecule has 0 saturated heterocycles. The lowest BCUT2D eigenvalue weighted by Crippen LogP contribution is -2.32. The van der Waals surface area contributed by atoms with Crippen LogP contribution in [0.25, 0.3) is 0 Å². The van der Waals surface area contributed by atoms with Crippen LogP contribution in [0.5, 0.6) is 0 Å². The van der Waals surface area contributed by atoms with Crippen LogP contribution in [-0.2, 0) is 9.59 Å². The first-order chi connectivity index (χ1) is 11.9. The smallest absolute Gasteiger partial charge is 0.329 e. The van der Waals surface area contributed by atoms with E-state index in [0.717, 1.165) is 6.07 Å². The summed E-state index contributed by atoms with van der Waals surface area (Å²) in [6.45, 7) is 0. The highest BCUT2D eigenvalue weighted by molar-refractivity contribution is 6.39. The molecule has 0 unspecified atom stereocenters. The van der Waals surface area contributed by atoms with Crippen molar-refractivity contribution in [2.45, 2.75) is 0 Å². The van der Waals surface area contributed by atoms with Crippen molar-refractivity contribution >= 4 is 46.7 Å². The molecule has 0 atom stereocenters. The molecule has 2 aromatic rings. The summed E-state index contributed by atoms with van der Waals surface area (Å²) in [5.41, 5.74) is 8.41. The van der Waals surface area contributed by atoms with E-state index in [-0.39, 0.29) is 10.7 Å². The van der Waals surface area contributed by atoms with Crippen molar-refractivity contribution in [2.75, 3.05) is 11.1 Å². The molecule has 4 N–H and O–H groups in total. The fraction of sp³-hybridized carbons (Fsp3) is 0. The van der Waals surface area contributed by atoms with Gasteiger partial charge in [0.05, 0.1) is 11.1 Å². The molecular weight excluding hydrogens is 350 g/mol. The Morgan fingerprint density at radius 3 is 2.60 bits per heavy atom. The van der Waals surface area contributed by atoms with Gasteiger partial charge in [0.25, 0.3) is 5.69 Å². The first-order valence-electron chi connectivity index (χ1n) is 6.81. The van der Waals surface area contributed by atoms with Gasteiger partial charge in [-0.1, -0.05) is 29.8 Å². The molecule has 10 heteroatoms. The molecule has 9 nitrogen and oxygen atoms in total. The third kappa shape index (κ3) is 4.75. The minimum Gasteiger partial charge on any atom is -0.398 e. The fourth-order valence-corrected chi connectivity index (χ4v) is 1.94. The number of halogens is 1. The zero-order valence-corrected chi connectivity index (χ0v) is 13.4. The van der Waals surface area contributed by atoms with Gasteiger partial charge in [0.2, 0.25) is 0 Å². The van der Waals surface area contributed by atoms with Gasteiger partial charge in [-0.2, -0.15) is 5.10 Å². The van der Waals surface area contributed by atoms with E-state index < -0.39 is 22.4 Å². The van der Waals surface area contributed by atoms with E-state index in [9.17, 15) is 19.7 Å². The molecule has 0 aromatic heterocycles. The molecule has 2 rings (SSSR count). The summed E-state index contributed by atoms with van der Waals surface area (Å²) in [6, 6.07) is 10.4. The lowest BCUT2D eigenvalue weighted by atomic mass is 10.2. The number of nitrogens with two attached hydrogens (primary N) is 1. The number of hydrogen-bond acceptors (Lipinski definition) is 6. The highest BCUT2D eigenvalue weighted by Gasteiger charge is 2.17. The number of nitrogens with zero attached hydrogens (tertiary/aromatic N) is 2. The topological polar surface area (TPSA) is 140 Å². The van der Waals surface area contributed by atoms with Gasteiger partial charge < -0.3 is 11.1 Å². The number of nitrogens with one attached hydrogen (secondary N) is 2. The van der Waals surface area contributed by atoms with Gasteiger partial charge in [0.1, 0.15) is 5.02 Å². The minimum atomic E-state index is -1.05. The summed E-state index contributed by atoms with van der Waals surface area (Å²) in [6.07, 6.45) is 1.29. The second kappa shape index (κ2) is 7.88. The number of nitro groups is 1. The second-order valence-electron chi connectivity index (χ2n) is 4.71. The predicted molar refractivity (Wildman–Crippen MR) is 93.3 cm³/mol. The molecule has 0 spiro atoms. The van der Waals surface area contributed by atoms with Crippen molar-refractivity contribution in [2.24, 2.45) is 5.10 Å². The summed E-state index contributed by atoms with van der Waals surface area (Å²) >= 11 is 5.67. The Hall–Kier alpha value is -3.46. The maximum atomic E-state index is 11.8. The van der Waals surface area contributed by atoms with Crippen molar-refractivity contribution in [3.63, 3.8) is 0 Å². The molecule has 0 fully saturated rings. The Morgan fingerprint density at radius 1 is 1.20 bits per heavy atom. The SMILES string of the molecule is Nc1ccccc1C=NNC(=O)C(=O)Nc1ccc(Cl)c([N+](=O)[O-])c1. The lowest BCUT2D eigenvalue weighted by Gasteiger charge is -2.04. The first kappa shape index (κ1) is 17.9. The number of rotatable bonds is 4. The van der Waals surface area contributed by atoms with E-state index in [1.54, 1.807) is 24.3 Å². The molecule has 0 saturated carbocycles.